The molecule has 8 aromatic carbocycles. The predicted octanol–water partition coefficient (Wildman–Crippen LogP) is 15.9. The van der Waals surface area contributed by atoms with Crippen molar-refractivity contribution in [2.75, 3.05) is 0 Å². The van der Waals surface area contributed by atoms with Crippen LogP contribution in [-0.2, 0) is 0 Å². The fourth-order valence-corrected chi connectivity index (χ4v) is 9.46. The van der Waals surface area contributed by atoms with Crippen molar-refractivity contribution in [1.82, 2.24) is 0 Å². The van der Waals surface area contributed by atoms with E-state index in [1.54, 1.807) is 0 Å². The minimum atomic E-state index is 0.395. The summed E-state index contributed by atoms with van der Waals surface area (Å²) in [5.41, 5.74) is 21.1. The summed E-state index contributed by atoms with van der Waals surface area (Å²) in [6.07, 6.45) is 0. The third kappa shape index (κ3) is 5.84. The Morgan fingerprint density at radius 2 is 0.648 bits per heavy atom. The first kappa shape index (κ1) is 35.6. The minimum Gasteiger partial charge on any atom is -0.0622 e. The molecule has 0 aromatic heterocycles. The van der Waals surface area contributed by atoms with E-state index in [0.29, 0.717) is 11.8 Å². The van der Waals surface area contributed by atoms with Crippen LogP contribution < -0.4 is 0 Å². The maximum atomic E-state index is 2.51. The van der Waals surface area contributed by atoms with Crippen LogP contribution >= 0.6 is 0 Å². The fourth-order valence-electron chi connectivity index (χ4n) is 9.46. The summed E-state index contributed by atoms with van der Waals surface area (Å²) < 4.78 is 0. The summed E-state index contributed by atoms with van der Waals surface area (Å²) in [6, 6.07) is 46.6. The summed E-state index contributed by atoms with van der Waals surface area (Å²) in [6.45, 7) is 23.0. The number of aryl methyl sites for hydroxylation is 6. The van der Waals surface area contributed by atoms with Crippen LogP contribution in [0.3, 0.4) is 0 Å². The second-order valence-electron chi connectivity index (χ2n) is 16.4. The zero-order valence-electron chi connectivity index (χ0n) is 33.7. The molecular weight excluding hydrogens is 649 g/mol. The molecule has 0 saturated heterocycles. The van der Waals surface area contributed by atoms with Gasteiger partial charge < -0.3 is 0 Å². The second kappa shape index (κ2) is 13.7. The molecule has 0 amide bonds. The molecule has 8 rings (SSSR count). The standard InChI is InChI=1S/C54H52/c1-31(2)41-21-23-43-45(29-41)49(39-17-13-11-14-18-39)53-52(48-37(9)27-34(6)28-38(48)10)44-24-22-42(32(3)4)30-46(44)50(40-19-15-12-16-20-40)54(53)51(43)47-35(7)25-33(5)26-36(47)8/h11-32H,1-10H3. The maximum Gasteiger partial charge on any atom is -0.000118 e. The molecule has 0 saturated carbocycles. The summed E-state index contributed by atoms with van der Waals surface area (Å²) >= 11 is 0. The smallest absolute Gasteiger partial charge is 0.000118 e. The molecule has 8 aromatic rings. The highest BCUT2D eigenvalue weighted by atomic mass is 14.3. The maximum absolute atomic E-state index is 2.51. The van der Waals surface area contributed by atoms with Crippen molar-refractivity contribution in [1.29, 1.82) is 0 Å². The molecule has 0 heterocycles. The third-order valence-corrected chi connectivity index (χ3v) is 11.7. The highest BCUT2D eigenvalue weighted by Crippen LogP contribution is 2.55. The predicted molar refractivity (Wildman–Crippen MR) is 237 cm³/mol. The van der Waals surface area contributed by atoms with Gasteiger partial charge >= 0.3 is 0 Å². The van der Waals surface area contributed by atoms with Gasteiger partial charge in [-0.15, -0.1) is 0 Å². The Kier molecular flexibility index (Phi) is 9.06. The van der Waals surface area contributed by atoms with E-state index in [0.717, 1.165) is 0 Å². The highest BCUT2D eigenvalue weighted by molar-refractivity contribution is 6.34. The van der Waals surface area contributed by atoms with Crippen LogP contribution in [0.1, 0.15) is 84.0 Å². The van der Waals surface area contributed by atoms with Crippen molar-refractivity contribution in [2.24, 2.45) is 0 Å². The van der Waals surface area contributed by atoms with Crippen LogP contribution in [-0.4, -0.2) is 0 Å². The zero-order chi connectivity index (χ0) is 38.0. The van der Waals surface area contributed by atoms with Gasteiger partial charge in [0.05, 0.1) is 0 Å². The van der Waals surface area contributed by atoms with Crippen molar-refractivity contribution in [3.05, 3.63) is 166 Å². The van der Waals surface area contributed by atoms with Crippen LogP contribution in [0.25, 0.3) is 76.8 Å². The first-order chi connectivity index (χ1) is 25.9. The quantitative estimate of drug-likeness (QED) is 0.152. The molecule has 0 bridgehead atoms. The molecule has 0 aliphatic heterocycles. The third-order valence-electron chi connectivity index (χ3n) is 11.7. The van der Waals surface area contributed by atoms with Crippen LogP contribution in [0.4, 0.5) is 0 Å². The van der Waals surface area contributed by atoms with Crippen molar-refractivity contribution >= 4 is 32.3 Å². The molecule has 0 aliphatic carbocycles. The molecule has 0 N–H and O–H groups in total. The van der Waals surface area contributed by atoms with Crippen LogP contribution in [0.5, 0.6) is 0 Å². The van der Waals surface area contributed by atoms with Crippen molar-refractivity contribution in [2.45, 2.75) is 81.1 Å². The molecule has 0 spiro atoms. The van der Waals surface area contributed by atoms with E-state index in [2.05, 4.69) is 191 Å². The van der Waals surface area contributed by atoms with Gasteiger partial charge in [0.1, 0.15) is 0 Å². The molecule has 0 fully saturated rings. The number of rotatable bonds is 6. The van der Waals surface area contributed by atoms with Gasteiger partial charge in [0.25, 0.3) is 0 Å². The molecule has 0 nitrogen and oxygen atoms in total. The SMILES string of the molecule is Cc1cc(C)c(-c2c3ccc(C(C)C)cc3c(-c3ccccc3)c3c(-c4c(C)cc(C)cc4C)c4ccc(C(C)C)cc4c(-c4ccccc4)c23)c(C)c1. The summed E-state index contributed by atoms with van der Waals surface area (Å²) in [7, 11) is 0. The zero-order valence-corrected chi connectivity index (χ0v) is 33.7. The Labute approximate surface area is 322 Å². The van der Waals surface area contributed by atoms with Gasteiger partial charge in [0.2, 0.25) is 0 Å². The Morgan fingerprint density at radius 3 is 0.963 bits per heavy atom. The van der Waals surface area contributed by atoms with Crippen LogP contribution in [0, 0.1) is 41.5 Å². The van der Waals surface area contributed by atoms with E-state index in [1.807, 2.05) is 0 Å². The molecule has 0 heteroatoms. The molecule has 0 unspecified atom stereocenters. The molecule has 0 atom stereocenters. The molecular formula is C54H52. The highest BCUT2D eigenvalue weighted by Gasteiger charge is 2.28. The monoisotopic (exact) mass is 700 g/mol. The van der Waals surface area contributed by atoms with E-state index in [9.17, 15) is 0 Å². The van der Waals surface area contributed by atoms with Gasteiger partial charge in [-0.3, -0.25) is 0 Å². The van der Waals surface area contributed by atoms with E-state index in [4.69, 9.17) is 0 Å². The fraction of sp³-hybridized carbons (Fsp3) is 0.222. The van der Waals surface area contributed by atoms with Gasteiger partial charge in [-0.2, -0.15) is 0 Å². The summed E-state index contributed by atoms with van der Waals surface area (Å²) in [5.74, 6) is 0.791. The minimum absolute atomic E-state index is 0.395. The lowest BCUT2D eigenvalue weighted by atomic mass is 9.75. The van der Waals surface area contributed by atoms with Crippen molar-refractivity contribution < 1.29 is 0 Å². The van der Waals surface area contributed by atoms with Gasteiger partial charge in [-0.1, -0.05) is 160 Å². The lowest BCUT2D eigenvalue weighted by Crippen LogP contribution is -2.02. The first-order valence-corrected chi connectivity index (χ1v) is 19.7. The Hall–Kier alpha value is -5.46. The summed E-state index contributed by atoms with van der Waals surface area (Å²) in [5, 5.41) is 7.91. The average Bonchev–Trinajstić information content (AvgIpc) is 3.13. The number of hydrogen-bond acceptors (Lipinski definition) is 0. The second-order valence-corrected chi connectivity index (χ2v) is 16.4. The Bertz CT molecular complexity index is 2500. The summed E-state index contributed by atoms with van der Waals surface area (Å²) in [4.78, 5) is 0. The first-order valence-electron chi connectivity index (χ1n) is 19.7. The lowest BCUT2D eigenvalue weighted by Gasteiger charge is -2.28. The molecule has 54 heavy (non-hydrogen) atoms. The molecule has 0 aliphatic rings. The Balaban J connectivity index is 1.83. The van der Waals surface area contributed by atoms with E-state index in [-0.39, 0.29) is 0 Å². The number of fused-ring (bicyclic) bond motifs is 3. The van der Waals surface area contributed by atoms with E-state index >= 15 is 0 Å². The topological polar surface area (TPSA) is 0 Å². The van der Waals surface area contributed by atoms with Crippen LogP contribution in [0.15, 0.2) is 121 Å². The lowest BCUT2D eigenvalue weighted by molar-refractivity contribution is 0.869. The average molecular weight is 701 g/mol. The van der Waals surface area contributed by atoms with Gasteiger partial charge in [0.15, 0.2) is 0 Å². The normalized spacial score (nSPS) is 11.9. The van der Waals surface area contributed by atoms with Crippen LogP contribution in [0.2, 0.25) is 0 Å². The number of hydrogen-bond donors (Lipinski definition) is 0. The largest absolute Gasteiger partial charge is 0.0622 e. The van der Waals surface area contributed by atoms with Crippen molar-refractivity contribution in [3.63, 3.8) is 0 Å². The Morgan fingerprint density at radius 1 is 0.315 bits per heavy atom. The van der Waals surface area contributed by atoms with Gasteiger partial charge in [0, 0.05) is 0 Å². The number of benzene rings is 8. The van der Waals surface area contributed by atoms with Crippen molar-refractivity contribution in [3.8, 4) is 44.5 Å². The van der Waals surface area contributed by atoms with Gasteiger partial charge in [-0.25, -0.2) is 0 Å². The van der Waals surface area contributed by atoms with E-state index < -0.39 is 0 Å². The van der Waals surface area contributed by atoms with E-state index in [1.165, 1.54) is 121 Å². The molecule has 0 radical (unpaired) electrons. The van der Waals surface area contributed by atoms with Gasteiger partial charge in [-0.05, 0) is 164 Å². The molecule has 268 valence electrons.